The van der Waals surface area contributed by atoms with Gasteiger partial charge in [-0.3, -0.25) is 4.98 Å². The van der Waals surface area contributed by atoms with Gasteiger partial charge < -0.3 is 15.5 Å². The van der Waals surface area contributed by atoms with Crippen LogP contribution in [-0.4, -0.2) is 54.6 Å². The molecule has 118 valence electrons. The first-order chi connectivity index (χ1) is 10.1. The van der Waals surface area contributed by atoms with Crippen molar-refractivity contribution in [2.75, 3.05) is 39.8 Å². The topological polar surface area (TPSA) is 45.4 Å². The van der Waals surface area contributed by atoms with Crippen molar-refractivity contribution in [3.05, 3.63) is 29.8 Å². The van der Waals surface area contributed by atoms with Gasteiger partial charge in [0, 0.05) is 19.6 Å². The second kappa shape index (κ2) is 7.82. The van der Waals surface area contributed by atoms with Gasteiger partial charge in [0.05, 0.1) is 17.9 Å². The number of rotatable bonds is 7. The molecule has 0 amide bonds. The molecule has 1 aliphatic rings. The molecular formula is C16H27FN4. The van der Waals surface area contributed by atoms with Crippen molar-refractivity contribution in [2.45, 2.75) is 25.8 Å². The molecule has 5 heteroatoms. The lowest BCUT2D eigenvalue weighted by atomic mass is 9.99. The third kappa shape index (κ3) is 5.02. The van der Waals surface area contributed by atoms with Crippen LogP contribution in [0.15, 0.2) is 18.3 Å². The molecule has 0 aliphatic carbocycles. The van der Waals surface area contributed by atoms with E-state index in [0.717, 1.165) is 25.3 Å². The zero-order valence-corrected chi connectivity index (χ0v) is 13.1. The molecule has 2 unspecified atom stereocenters. The van der Waals surface area contributed by atoms with Gasteiger partial charge in [-0.15, -0.1) is 0 Å². The lowest BCUT2D eigenvalue weighted by Gasteiger charge is -2.27. The summed E-state index contributed by atoms with van der Waals surface area (Å²) in [6.45, 7) is 7.72. The standard InChI is InChI=1S/C16H27FN4/c1-13(16(18)15-6-5-14(17)11-19-15)12-20(2)9-10-21-7-3-4-8-21/h5-6,11,13,16H,3-4,7-10,12,18H2,1-2H3. The summed E-state index contributed by atoms with van der Waals surface area (Å²) in [5, 5.41) is 0. The van der Waals surface area contributed by atoms with E-state index in [9.17, 15) is 4.39 Å². The Morgan fingerprint density at radius 2 is 2.10 bits per heavy atom. The SMILES string of the molecule is CC(CN(C)CCN1CCCC1)C(N)c1ccc(F)cn1. The van der Waals surface area contributed by atoms with Crippen LogP contribution in [0.3, 0.4) is 0 Å². The Morgan fingerprint density at radius 3 is 2.71 bits per heavy atom. The number of hydrogen-bond acceptors (Lipinski definition) is 4. The van der Waals surface area contributed by atoms with E-state index in [0.29, 0.717) is 0 Å². The lowest BCUT2D eigenvalue weighted by Crippen LogP contribution is -2.36. The highest BCUT2D eigenvalue weighted by Gasteiger charge is 2.19. The fourth-order valence-electron chi connectivity index (χ4n) is 2.89. The second-order valence-corrected chi connectivity index (χ2v) is 6.22. The Hall–Kier alpha value is -1.04. The van der Waals surface area contributed by atoms with E-state index < -0.39 is 0 Å². The molecule has 0 saturated carbocycles. The van der Waals surface area contributed by atoms with Crippen molar-refractivity contribution >= 4 is 0 Å². The van der Waals surface area contributed by atoms with Crippen molar-refractivity contribution in [3.8, 4) is 0 Å². The van der Waals surface area contributed by atoms with E-state index >= 15 is 0 Å². The third-order valence-electron chi connectivity index (χ3n) is 4.30. The summed E-state index contributed by atoms with van der Waals surface area (Å²) in [5.74, 6) is -0.0344. The normalized spacial score (nSPS) is 19.1. The van der Waals surface area contributed by atoms with Crippen molar-refractivity contribution in [3.63, 3.8) is 0 Å². The quantitative estimate of drug-likeness (QED) is 0.834. The maximum absolute atomic E-state index is 12.9. The molecule has 21 heavy (non-hydrogen) atoms. The predicted octanol–water partition coefficient (Wildman–Crippen LogP) is 1.88. The summed E-state index contributed by atoms with van der Waals surface area (Å²) in [6, 6.07) is 2.95. The van der Waals surface area contributed by atoms with Crippen LogP contribution in [0.2, 0.25) is 0 Å². The molecule has 2 heterocycles. The maximum Gasteiger partial charge on any atom is 0.141 e. The first kappa shape index (κ1) is 16.3. The molecule has 1 aromatic heterocycles. The number of nitrogens with zero attached hydrogens (tertiary/aromatic N) is 3. The van der Waals surface area contributed by atoms with Crippen molar-refractivity contribution in [1.29, 1.82) is 0 Å². The van der Waals surface area contributed by atoms with Crippen LogP contribution in [0.1, 0.15) is 31.5 Å². The summed E-state index contributed by atoms with van der Waals surface area (Å²) >= 11 is 0. The van der Waals surface area contributed by atoms with E-state index in [-0.39, 0.29) is 17.8 Å². The zero-order valence-electron chi connectivity index (χ0n) is 13.1. The minimum absolute atomic E-state index is 0.153. The summed E-state index contributed by atoms with van der Waals surface area (Å²) in [4.78, 5) is 8.93. The fraction of sp³-hybridized carbons (Fsp3) is 0.688. The van der Waals surface area contributed by atoms with Crippen molar-refractivity contribution in [2.24, 2.45) is 11.7 Å². The Morgan fingerprint density at radius 1 is 1.38 bits per heavy atom. The van der Waals surface area contributed by atoms with Crippen LogP contribution in [0.5, 0.6) is 0 Å². The van der Waals surface area contributed by atoms with Crippen molar-refractivity contribution in [1.82, 2.24) is 14.8 Å². The second-order valence-electron chi connectivity index (χ2n) is 6.22. The number of pyridine rings is 1. The zero-order chi connectivity index (χ0) is 15.2. The Bertz CT molecular complexity index is 417. The van der Waals surface area contributed by atoms with Crippen LogP contribution < -0.4 is 5.73 Å². The van der Waals surface area contributed by atoms with Crippen LogP contribution in [0, 0.1) is 11.7 Å². The van der Waals surface area contributed by atoms with Gasteiger partial charge in [-0.25, -0.2) is 4.39 Å². The van der Waals surface area contributed by atoms with E-state index in [1.165, 1.54) is 38.2 Å². The molecule has 1 saturated heterocycles. The van der Waals surface area contributed by atoms with Gasteiger partial charge in [-0.2, -0.15) is 0 Å². The van der Waals surface area contributed by atoms with E-state index in [1.807, 2.05) is 0 Å². The first-order valence-corrected chi connectivity index (χ1v) is 7.84. The monoisotopic (exact) mass is 294 g/mol. The highest BCUT2D eigenvalue weighted by Crippen LogP contribution is 2.18. The molecule has 4 nitrogen and oxygen atoms in total. The molecule has 0 radical (unpaired) electrons. The predicted molar refractivity (Wildman–Crippen MR) is 83.5 cm³/mol. The lowest BCUT2D eigenvalue weighted by molar-refractivity contribution is 0.224. The van der Waals surface area contributed by atoms with E-state index in [2.05, 4.69) is 28.8 Å². The van der Waals surface area contributed by atoms with Crippen LogP contribution >= 0.6 is 0 Å². The van der Waals surface area contributed by atoms with E-state index in [4.69, 9.17) is 5.73 Å². The molecule has 1 aromatic rings. The number of likely N-dealkylation sites (tertiary alicyclic amines) is 1. The van der Waals surface area contributed by atoms with Gasteiger partial charge in [0.1, 0.15) is 5.82 Å². The van der Waals surface area contributed by atoms with Gasteiger partial charge >= 0.3 is 0 Å². The average molecular weight is 294 g/mol. The third-order valence-corrected chi connectivity index (χ3v) is 4.30. The maximum atomic E-state index is 12.9. The molecule has 0 spiro atoms. The number of aromatic nitrogens is 1. The molecule has 2 rings (SSSR count). The summed E-state index contributed by atoms with van der Waals surface area (Å²) in [7, 11) is 2.14. The first-order valence-electron chi connectivity index (χ1n) is 7.84. The molecule has 1 aliphatic heterocycles. The molecule has 2 atom stereocenters. The minimum Gasteiger partial charge on any atom is -0.322 e. The molecule has 1 fully saturated rings. The summed E-state index contributed by atoms with van der Waals surface area (Å²) in [6.07, 6.45) is 3.90. The van der Waals surface area contributed by atoms with E-state index in [1.54, 1.807) is 6.07 Å². The van der Waals surface area contributed by atoms with Crippen LogP contribution in [0.25, 0.3) is 0 Å². The number of halogens is 1. The van der Waals surface area contributed by atoms with Crippen molar-refractivity contribution < 1.29 is 4.39 Å². The number of hydrogen-bond donors (Lipinski definition) is 1. The van der Waals surface area contributed by atoms with Crippen LogP contribution in [0.4, 0.5) is 4.39 Å². The molecular weight excluding hydrogens is 267 g/mol. The highest BCUT2D eigenvalue weighted by molar-refractivity contribution is 5.10. The molecule has 2 N–H and O–H groups in total. The number of nitrogens with two attached hydrogens (primary N) is 1. The Labute approximate surface area is 127 Å². The smallest absolute Gasteiger partial charge is 0.141 e. The van der Waals surface area contributed by atoms with Gasteiger partial charge in [-0.05, 0) is 51.0 Å². The number of likely N-dealkylation sites (N-methyl/N-ethyl adjacent to an activating group) is 1. The summed E-state index contributed by atoms with van der Waals surface area (Å²) < 4.78 is 12.9. The Kier molecular flexibility index (Phi) is 6.08. The largest absolute Gasteiger partial charge is 0.322 e. The van der Waals surface area contributed by atoms with Gasteiger partial charge in [-0.1, -0.05) is 6.92 Å². The van der Waals surface area contributed by atoms with Gasteiger partial charge in [0.25, 0.3) is 0 Å². The average Bonchev–Trinajstić information content (AvgIpc) is 2.98. The molecule has 0 aromatic carbocycles. The fourth-order valence-corrected chi connectivity index (χ4v) is 2.89. The minimum atomic E-state index is -0.318. The van der Waals surface area contributed by atoms with Crippen LogP contribution in [-0.2, 0) is 0 Å². The molecule has 0 bridgehead atoms. The summed E-state index contributed by atoms with van der Waals surface area (Å²) in [5.41, 5.74) is 6.99. The Balaban J connectivity index is 1.76. The van der Waals surface area contributed by atoms with Gasteiger partial charge in [0.15, 0.2) is 0 Å². The van der Waals surface area contributed by atoms with Gasteiger partial charge in [0.2, 0.25) is 0 Å². The highest BCUT2D eigenvalue weighted by atomic mass is 19.1.